The van der Waals surface area contributed by atoms with Gasteiger partial charge in [0, 0.05) is 21.7 Å². The van der Waals surface area contributed by atoms with E-state index in [0.717, 1.165) is 10.0 Å². The number of nitrogens with zero attached hydrogens (tertiary/aromatic N) is 2. The van der Waals surface area contributed by atoms with Gasteiger partial charge in [-0.2, -0.15) is 4.98 Å². The first kappa shape index (κ1) is 21.4. The SMILES string of the molecule is COc1ccc(Br)cc1/C=C/C(=O)OCc1nc(-c2ccc(OC)c(OC)c2)no1. The molecule has 0 radical (unpaired) electrons. The van der Waals surface area contributed by atoms with Crippen LogP contribution in [0.4, 0.5) is 0 Å². The number of hydrogen-bond donors (Lipinski definition) is 0. The van der Waals surface area contributed by atoms with Crippen molar-refractivity contribution in [3.05, 3.63) is 58.4 Å². The summed E-state index contributed by atoms with van der Waals surface area (Å²) in [6.07, 6.45) is 2.91. The predicted octanol–water partition coefficient (Wildman–Crippen LogP) is 4.28. The highest BCUT2D eigenvalue weighted by Gasteiger charge is 2.13. The summed E-state index contributed by atoms with van der Waals surface area (Å²) in [6.45, 7) is -0.154. The number of rotatable bonds is 8. The van der Waals surface area contributed by atoms with Gasteiger partial charge in [-0.15, -0.1) is 0 Å². The van der Waals surface area contributed by atoms with E-state index in [-0.39, 0.29) is 12.5 Å². The molecule has 9 heteroatoms. The summed E-state index contributed by atoms with van der Waals surface area (Å²) in [6, 6.07) is 10.7. The Morgan fingerprint density at radius 3 is 2.50 bits per heavy atom. The van der Waals surface area contributed by atoms with Gasteiger partial charge in [-0.25, -0.2) is 4.79 Å². The van der Waals surface area contributed by atoms with Gasteiger partial charge in [0.15, 0.2) is 18.1 Å². The second-order valence-electron chi connectivity index (χ2n) is 5.91. The monoisotopic (exact) mass is 474 g/mol. The zero-order valence-corrected chi connectivity index (χ0v) is 18.1. The molecule has 0 aliphatic rings. The number of ether oxygens (including phenoxy) is 4. The molecule has 2 aromatic carbocycles. The van der Waals surface area contributed by atoms with Crippen LogP contribution in [-0.2, 0) is 16.1 Å². The molecule has 0 atom stereocenters. The lowest BCUT2D eigenvalue weighted by atomic mass is 10.2. The van der Waals surface area contributed by atoms with Crippen LogP contribution in [0.5, 0.6) is 17.2 Å². The van der Waals surface area contributed by atoms with Gasteiger partial charge >= 0.3 is 5.97 Å². The van der Waals surface area contributed by atoms with Gasteiger partial charge in [-0.1, -0.05) is 21.1 Å². The number of benzene rings is 2. The van der Waals surface area contributed by atoms with Crippen molar-refractivity contribution in [3.8, 4) is 28.6 Å². The fourth-order valence-electron chi connectivity index (χ4n) is 2.58. The Balaban J connectivity index is 1.63. The van der Waals surface area contributed by atoms with Crippen LogP contribution in [0.2, 0.25) is 0 Å². The largest absolute Gasteiger partial charge is 0.496 e. The van der Waals surface area contributed by atoms with Crippen LogP contribution in [0, 0.1) is 0 Å². The van der Waals surface area contributed by atoms with E-state index < -0.39 is 5.97 Å². The topological polar surface area (TPSA) is 92.9 Å². The van der Waals surface area contributed by atoms with Crippen LogP contribution in [0.25, 0.3) is 17.5 Å². The first-order chi connectivity index (χ1) is 14.5. The Bertz CT molecular complexity index is 1060. The minimum atomic E-state index is -0.553. The lowest BCUT2D eigenvalue weighted by molar-refractivity contribution is -0.139. The number of carbonyl (C=O) groups excluding carboxylic acids is 1. The molecule has 156 valence electrons. The summed E-state index contributed by atoms with van der Waals surface area (Å²) in [4.78, 5) is 16.3. The third-order valence-electron chi connectivity index (χ3n) is 4.04. The van der Waals surface area contributed by atoms with Crippen molar-refractivity contribution in [3.63, 3.8) is 0 Å². The summed E-state index contributed by atoms with van der Waals surface area (Å²) >= 11 is 3.38. The maximum atomic E-state index is 12.0. The number of methoxy groups -OCH3 is 3. The molecule has 0 spiro atoms. The van der Waals surface area contributed by atoms with Crippen molar-refractivity contribution in [1.82, 2.24) is 10.1 Å². The Labute approximate surface area is 181 Å². The zero-order valence-electron chi connectivity index (χ0n) is 16.5. The van der Waals surface area contributed by atoms with Crippen molar-refractivity contribution in [2.45, 2.75) is 6.61 Å². The van der Waals surface area contributed by atoms with Crippen LogP contribution >= 0.6 is 15.9 Å². The zero-order chi connectivity index (χ0) is 21.5. The summed E-state index contributed by atoms with van der Waals surface area (Å²) in [7, 11) is 4.66. The number of aromatic nitrogens is 2. The maximum Gasteiger partial charge on any atom is 0.331 e. The Hall–Kier alpha value is -3.33. The van der Waals surface area contributed by atoms with E-state index in [0.29, 0.717) is 28.6 Å². The Morgan fingerprint density at radius 1 is 1.03 bits per heavy atom. The molecule has 0 saturated carbocycles. The molecule has 0 amide bonds. The normalized spacial score (nSPS) is 10.8. The van der Waals surface area contributed by atoms with Gasteiger partial charge in [-0.3, -0.25) is 0 Å². The lowest BCUT2D eigenvalue weighted by Crippen LogP contribution is -2.01. The molecule has 0 aliphatic heterocycles. The van der Waals surface area contributed by atoms with E-state index in [1.807, 2.05) is 12.1 Å². The standard InChI is InChI=1S/C21H19BrN2O6/c1-26-16-8-6-15(22)10-13(16)5-9-20(25)29-12-19-23-21(24-30-19)14-4-7-17(27-2)18(11-14)28-3/h4-11H,12H2,1-3H3/b9-5+. The van der Waals surface area contributed by atoms with Gasteiger partial charge in [0.25, 0.3) is 5.89 Å². The van der Waals surface area contributed by atoms with E-state index in [1.54, 1.807) is 51.7 Å². The lowest BCUT2D eigenvalue weighted by Gasteiger charge is -2.07. The van der Waals surface area contributed by atoms with Gasteiger partial charge < -0.3 is 23.5 Å². The molecule has 0 N–H and O–H groups in total. The Morgan fingerprint density at radius 2 is 1.77 bits per heavy atom. The van der Waals surface area contributed by atoms with Crippen molar-refractivity contribution < 1.29 is 28.3 Å². The smallest absolute Gasteiger partial charge is 0.331 e. The summed E-state index contributed by atoms with van der Waals surface area (Å²) in [5.74, 6) is 1.73. The second kappa shape index (κ2) is 9.93. The molecular formula is C21H19BrN2O6. The fraction of sp³-hybridized carbons (Fsp3) is 0.190. The van der Waals surface area contributed by atoms with Crippen molar-refractivity contribution in [1.29, 1.82) is 0 Å². The molecule has 3 rings (SSSR count). The van der Waals surface area contributed by atoms with Crippen molar-refractivity contribution >= 4 is 28.0 Å². The van der Waals surface area contributed by atoms with Gasteiger partial charge in [-0.05, 0) is 42.5 Å². The molecule has 0 aliphatic carbocycles. The quantitative estimate of drug-likeness (QED) is 0.352. The van der Waals surface area contributed by atoms with Crippen LogP contribution in [0.3, 0.4) is 0 Å². The minimum absolute atomic E-state index is 0.154. The maximum absolute atomic E-state index is 12.0. The van der Waals surface area contributed by atoms with Gasteiger partial charge in [0.1, 0.15) is 5.75 Å². The highest BCUT2D eigenvalue weighted by Crippen LogP contribution is 2.31. The molecular weight excluding hydrogens is 456 g/mol. The molecule has 0 fully saturated rings. The highest BCUT2D eigenvalue weighted by molar-refractivity contribution is 9.10. The molecule has 1 aromatic heterocycles. The second-order valence-corrected chi connectivity index (χ2v) is 6.82. The van der Waals surface area contributed by atoms with E-state index >= 15 is 0 Å². The van der Waals surface area contributed by atoms with Crippen molar-refractivity contribution in [2.75, 3.05) is 21.3 Å². The van der Waals surface area contributed by atoms with E-state index in [2.05, 4.69) is 26.1 Å². The average molecular weight is 475 g/mol. The number of esters is 1. The number of halogens is 1. The summed E-state index contributed by atoms with van der Waals surface area (Å²) in [5, 5.41) is 3.91. The van der Waals surface area contributed by atoms with Crippen LogP contribution in [0.1, 0.15) is 11.5 Å². The van der Waals surface area contributed by atoms with E-state index in [1.165, 1.54) is 6.08 Å². The summed E-state index contributed by atoms with van der Waals surface area (Å²) in [5.41, 5.74) is 1.41. The minimum Gasteiger partial charge on any atom is -0.496 e. The van der Waals surface area contributed by atoms with Crippen LogP contribution < -0.4 is 14.2 Å². The summed E-state index contributed by atoms with van der Waals surface area (Å²) < 4.78 is 26.9. The number of hydrogen-bond acceptors (Lipinski definition) is 8. The number of carbonyl (C=O) groups is 1. The van der Waals surface area contributed by atoms with Crippen LogP contribution in [0.15, 0.2) is 51.5 Å². The molecule has 0 unspecified atom stereocenters. The first-order valence-corrected chi connectivity index (χ1v) is 9.56. The Kier molecular flexibility index (Phi) is 7.08. The average Bonchev–Trinajstić information content (AvgIpc) is 3.25. The highest BCUT2D eigenvalue weighted by atomic mass is 79.9. The van der Waals surface area contributed by atoms with Crippen LogP contribution in [-0.4, -0.2) is 37.4 Å². The fourth-order valence-corrected chi connectivity index (χ4v) is 2.96. The molecule has 30 heavy (non-hydrogen) atoms. The predicted molar refractivity (Wildman–Crippen MR) is 112 cm³/mol. The van der Waals surface area contributed by atoms with E-state index in [9.17, 15) is 4.79 Å². The first-order valence-electron chi connectivity index (χ1n) is 8.77. The third-order valence-corrected chi connectivity index (χ3v) is 4.53. The van der Waals surface area contributed by atoms with Crippen molar-refractivity contribution in [2.24, 2.45) is 0 Å². The molecule has 8 nitrogen and oxygen atoms in total. The molecule has 0 bridgehead atoms. The van der Waals surface area contributed by atoms with Gasteiger partial charge in [0.05, 0.1) is 21.3 Å². The molecule has 3 aromatic rings. The molecule has 1 heterocycles. The molecule has 0 saturated heterocycles. The van der Waals surface area contributed by atoms with Gasteiger partial charge in [0.2, 0.25) is 5.82 Å². The third kappa shape index (κ3) is 5.18. The van der Waals surface area contributed by atoms with E-state index in [4.69, 9.17) is 23.5 Å².